The second-order valence-corrected chi connectivity index (χ2v) is 8.99. The quantitative estimate of drug-likeness (QED) is 0.146. The van der Waals surface area contributed by atoms with Crippen LogP contribution >= 0.6 is 0 Å². The van der Waals surface area contributed by atoms with E-state index < -0.39 is 0 Å². The van der Waals surface area contributed by atoms with Gasteiger partial charge >= 0.3 is 0 Å². The molecule has 41 heavy (non-hydrogen) atoms. The Labute approximate surface area is 243 Å². The van der Waals surface area contributed by atoms with Gasteiger partial charge in [-0.05, 0) is 97.8 Å². The molecule has 0 N–H and O–H groups in total. The molecular weight excluding hydrogens is 520 g/mol. The summed E-state index contributed by atoms with van der Waals surface area (Å²) in [6.07, 6.45) is 0. The van der Waals surface area contributed by atoms with Crippen LogP contribution < -0.4 is 28.4 Å². The van der Waals surface area contributed by atoms with Crippen LogP contribution in [0.4, 0.5) is 0 Å². The molecule has 4 rings (SSSR count). The summed E-state index contributed by atoms with van der Waals surface area (Å²) in [6, 6.07) is 31.0. The van der Waals surface area contributed by atoms with Crippen LogP contribution in [0.25, 0.3) is 0 Å². The van der Waals surface area contributed by atoms with Crippen LogP contribution in [0.1, 0.15) is 11.1 Å². The summed E-state index contributed by atoms with van der Waals surface area (Å²) < 4.78 is 38.0. The second-order valence-electron chi connectivity index (χ2n) is 8.99. The first-order valence-corrected chi connectivity index (χ1v) is 13.6. The summed E-state index contributed by atoms with van der Waals surface area (Å²) >= 11 is 0. The van der Waals surface area contributed by atoms with Gasteiger partial charge in [0, 0.05) is 0 Å². The Morgan fingerprint density at radius 2 is 0.732 bits per heavy atom. The minimum Gasteiger partial charge on any atom is -0.497 e. The highest BCUT2D eigenvalue weighted by atomic mass is 16.5. The molecule has 0 aliphatic heterocycles. The predicted molar refractivity (Wildman–Crippen MR) is 161 cm³/mol. The van der Waals surface area contributed by atoms with Crippen molar-refractivity contribution >= 4 is 0 Å². The minimum atomic E-state index is 0.495. The van der Waals surface area contributed by atoms with Crippen LogP contribution in [0.2, 0.25) is 0 Å². The van der Waals surface area contributed by atoms with E-state index in [4.69, 9.17) is 33.2 Å². The first-order valence-electron chi connectivity index (χ1n) is 13.6. The van der Waals surface area contributed by atoms with Gasteiger partial charge in [0.25, 0.3) is 0 Å². The van der Waals surface area contributed by atoms with Gasteiger partial charge in [0.1, 0.15) is 60.9 Å². The first-order chi connectivity index (χ1) is 20.1. The summed E-state index contributed by atoms with van der Waals surface area (Å²) in [5.74, 6) is 4.99. The molecular formula is C34H40O7. The molecule has 4 aromatic rings. The lowest BCUT2D eigenvalue weighted by Crippen LogP contribution is -2.12. The maximum atomic E-state index is 5.61. The maximum Gasteiger partial charge on any atom is 0.122 e. The van der Waals surface area contributed by atoms with E-state index in [0.29, 0.717) is 39.6 Å². The standard InChI is InChI=1S/C18H22O5.C16H18O2/c1-19-15-3-7-17(8-4-15)22-13-11-21-12-14-23-18-9-5-16(20-2)6-10-18;1-13-5-3-7-15(11-13)17-9-10-18-16-8-4-6-14(2)12-16/h3-10H,11-14H2,1-2H3;3-8,11-12H,9-10H2,1-2H3. The van der Waals surface area contributed by atoms with Crippen molar-refractivity contribution in [3.05, 3.63) is 108 Å². The topological polar surface area (TPSA) is 64.6 Å². The van der Waals surface area contributed by atoms with Crippen molar-refractivity contribution in [1.29, 1.82) is 0 Å². The Balaban J connectivity index is 0.000000232. The van der Waals surface area contributed by atoms with E-state index in [1.54, 1.807) is 14.2 Å². The predicted octanol–water partition coefficient (Wildman–Crippen LogP) is 6.94. The molecule has 0 radical (unpaired) electrons. The van der Waals surface area contributed by atoms with Crippen molar-refractivity contribution in [2.45, 2.75) is 13.8 Å². The Morgan fingerprint density at radius 3 is 1.10 bits per heavy atom. The highest BCUT2D eigenvalue weighted by Gasteiger charge is 1.98. The fraction of sp³-hybridized carbons (Fsp3) is 0.294. The van der Waals surface area contributed by atoms with Crippen molar-refractivity contribution in [3.8, 4) is 34.5 Å². The Hall–Kier alpha value is -4.36. The van der Waals surface area contributed by atoms with E-state index in [2.05, 4.69) is 26.0 Å². The van der Waals surface area contributed by atoms with E-state index >= 15 is 0 Å². The molecule has 0 saturated carbocycles. The third-order valence-electron chi connectivity index (χ3n) is 5.71. The average molecular weight is 561 g/mol. The molecule has 7 heteroatoms. The van der Waals surface area contributed by atoms with Gasteiger partial charge in [-0.25, -0.2) is 0 Å². The third-order valence-corrected chi connectivity index (χ3v) is 5.71. The van der Waals surface area contributed by atoms with E-state index in [1.807, 2.05) is 84.9 Å². The summed E-state index contributed by atoms with van der Waals surface area (Å²) in [5, 5.41) is 0. The van der Waals surface area contributed by atoms with Gasteiger partial charge in [0.2, 0.25) is 0 Å². The smallest absolute Gasteiger partial charge is 0.122 e. The van der Waals surface area contributed by atoms with Gasteiger partial charge in [0.05, 0.1) is 27.4 Å². The van der Waals surface area contributed by atoms with Crippen LogP contribution in [0.3, 0.4) is 0 Å². The average Bonchev–Trinajstić information content (AvgIpc) is 3.00. The van der Waals surface area contributed by atoms with Gasteiger partial charge in [-0.15, -0.1) is 0 Å². The van der Waals surface area contributed by atoms with Gasteiger partial charge < -0.3 is 33.2 Å². The molecule has 0 bridgehead atoms. The first kappa shape index (κ1) is 31.2. The Bertz CT molecular complexity index is 1160. The van der Waals surface area contributed by atoms with E-state index in [0.717, 1.165) is 34.5 Å². The lowest BCUT2D eigenvalue weighted by atomic mass is 10.2. The largest absolute Gasteiger partial charge is 0.497 e. The molecule has 0 fully saturated rings. The van der Waals surface area contributed by atoms with Crippen LogP contribution in [-0.4, -0.2) is 53.9 Å². The summed E-state index contributed by atoms with van der Waals surface area (Å²) in [7, 11) is 3.27. The molecule has 0 unspecified atom stereocenters. The molecule has 0 aliphatic carbocycles. The fourth-order valence-electron chi connectivity index (χ4n) is 3.61. The molecule has 7 nitrogen and oxygen atoms in total. The van der Waals surface area contributed by atoms with Gasteiger partial charge in [0.15, 0.2) is 0 Å². The van der Waals surface area contributed by atoms with E-state index in [1.165, 1.54) is 11.1 Å². The number of benzene rings is 4. The molecule has 0 heterocycles. The molecule has 0 amide bonds. The number of methoxy groups -OCH3 is 2. The number of hydrogen-bond donors (Lipinski definition) is 0. The molecule has 218 valence electrons. The van der Waals surface area contributed by atoms with Crippen molar-refractivity contribution in [2.24, 2.45) is 0 Å². The SMILES string of the molecule is COc1ccc(OCCOCCOc2ccc(OC)cc2)cc1.Cc1cccc(OCCOc2cccc(C)c2)c1. The lowest BCUT2D eigenvalue weighted by molar-refractivity contribution is 0.0764. The molecule has 0 atom stereocenters. The van der Waals surface area contributed by atoms with Gasteiger partial charge in [-0.2, -0.15) is 0 Å². The number of rotatable bonds is 15. The van der Waals surface area contributed by atoms with Crippen molar-refractivity contribution < 1.29 is 33.2 Å². The summed E-state index contributed by atoms with van der Waals surface area (Å²) in [5.41, 5.74) is 2.40. The zero-order valence-electron chi connectivity index (χ0n) is 24.3. The van der Waals surface area contributed by atoms with Crippen molar-refractivity contribution in [3.63, 3.8) is 0 Å². The summed E-state index contributed by atoms with van der Waals surface area (Å²) in [4.78, 5) is 0. The van der Waals surface area contributed by atoms with Crippen LogP contribution in [-0.2, 0) is 4.74 Å². The maximum absolute atomic E-state index is 5.61. The second kappa shape index (κ2) is 18.1. The minimum absolute atomic E-state index is 0.495. The van der Waals surface area contributed by atoms with Crippen molar-refractivity contribution in [2.75, 3.05) is 53.9 Å². The molecule has 0 saturated heterocycles. The van der Waals surface area contributed by atoms with Crippen LogP contribution in [0.5, 0.6) is 34.5 Å². The fourth-order valence-corrected chi connectivity index (χ4v) is 3.61. The van der Waals surface area contributed by atoms with Gasteiger partial charge in [-0.1, -0.05) is 24.3 Å². The third kappa shape index (κ3) is 12.6. The van der Waals surface area contributed by atoms with Crippen molar-refractivity contribution in [1.82, 2.24) is 0 Å². The zero-order chi connectivity index (χ0) is 29.1. The van der Waals surface area contributed by atoms with E-state index in [9.17, 15) is 0 Å². The molecule has 0 spiro atoms. The zero-order valence-corrected chi connectivity index (χ0v) is 24.3. The number of hydrogen-bond acceptors (Lipinski definition) is 7. The monoisotopic (exact) mass is 560 g/mol. The van der Waals surface area contributed by atoms with Gasteiger partial charge in [-0.3, -0.25) is 0 Å². The number of ether oxygens (including phenoxy) is 7. The normalized spacial score (nSPS) is 10.1. The highest BCUT2D eigenvalue weighted by molar-refractivity contribution is 5.32. The highest BCUT2D eigenvalue weighted by Crippen LogP contribution is 2.18. The Morgan fingerprint density at radius 1 is 0.390 bits per heavy atom. The lowest BCUT2D eigenvalue weighted by Gasteiger charge is -2.09. The summed E-state index contributed by atoms with van der Waals surface area (Å²) in [6.45, 7) is 7.22. The van der Waals surface area contributed by atoms with E-state index in [-0.39, 0.29) is 0 Å². The Kier molecular flexibility index (Phi) is 13.7. The molecule has 0 aromatic heterocycles. The van der Waals surface area contributed by atoms with Crippen LogP contribution in [0, 0.1) is 13.8 Å². The van der Waals surface area contributed by atoms with Crippen LogP contribution in [0.15, 0.2) is 97.1 Å². The molecule has 4 aromatic carbocycles. The molecule has 0 aliphatic rings. The number of aryl methyl sites for hydroxylation is 2.